The number of benzene rings is 1. The summed E-state index contributed by atoms with van der Waals surface area (Å²) >= 11 is 0. The molecule has 1 unspecified atom stereocenters. The number of carbonyl (C=O) groups excluding carboxylic acids is 4. The molecule has 0 radical (unpaired) electrons. The lowest BCUT2D eigenvalue weighted by atomic mass is 10.2. The van der Waals surface area contributed by atoms with E-state index in [9.17, 15) is 19.2 Å². The van der Waals surface area contributed by atoms with Crippen LogP contribution in [0.2, 0.25) is 0 Å². The largest absolute Gasteiger partial charge is 0.493 e. The molecule has 8 nitrogen and oxygen atoms in total. The molecule has 1 aromatic carbocycles. The first kappa shape index (κ1) is 14.5. The number of nitrogens with one attached hydrogen (secondary N) is 2. The highest BCUT2D eigenvalue weighted by molar-refractivity contribution is 6.05. The van der Waals surface area contributed by atoms with E-state index in [0.29, 0.717) is 11.8 Å². The Hall–Kier alpha value is -2.90. The van der Waals surface area contributed by atoms with E-state index in [1.54, 1.807) is 0 Å². The van der Waals surface area contributed by atoms with Crippen LogP contribution in [0.5, 0.6) is 11.5 Å². The Balaban J connectivity index is 2.04. The molecule has 1 aromatic rings. The molecule has 1 fully saturated rings. The zero-order valence-corrected chi connectivity index (χ0v) is 11.0. The average Bonchev–Trinajstić information content (AvgIpc) is 2.77. The van der Waals surface area contributed by atoms with Crippen molar-refractivity contribution in [3.8, 4) is 11.5 Å². The van der Waals surface area contributed by atoms with E-state index in [1.165, 1.54) is 25.3 Å². The second-order valence-electron chi connectivity index (χ2n) is 4.22. The molecule has 0 bridgehead atoms. The highest BCUT2D eigenvalue weighted by Crippen LogP contribution is 2.28. The number of amides is 3. The van der Waals surface area contributed by atoms with Gasteiger partial charge >= 0.3 is 12.0 Å². The molecule has 2 rings (SSSR count). The van der Waals surface area contributed by atoms with Gasteiger partial charge in [0.1, 0.15) is 12.3 Å². The second kappa shape index (κ2) is 6.04. The molecule has 0 aliphatic carbocycles. The number of rotatable bonds is 5. The van der Waals surface area contributed by atoms with Crippen LogP contribution in [0.4, 0.5) is 4.79 Å². The number of aldehydes is 1. The lowest BCUT2D eigenvalue weighted by molar-refractivity contribution is -0.136. The zero-order valence-electron chi connectivity index (χ0n) is 11.0. The molecule has 21 heavy (non-hydrogen) atoms. The van der Waals surface area contributed by atoms with Crippen molar-refractivity contribution < 1.29 is 28.7 Å². The van der Waals surface area contributed by atoms with Crippen LogP contribution in [-0.4, -0.2) is 37.3 Å². The van der Waals surface area contributed by atoms with Gasteiger partial charge in [0.25, 0.3) is 5.91 Å². The molecule has 8 heteroatoms. The van der Waals surface area contributed by atoms with Crippen molar-refractivity contribution >= 4 is 24.2 Å². The average molecular weight is 292 g/mol. The molecule has 1 aliphatic heterocycles. The SMILES string of the molecule is COc1cc(C=O)ccc1OC(=O)CC1NC(=O)NC1=O. The van der Waals surface area contributed by atoms with E-state index in [0.717, 1.165) is 0 Å². The number of hydrogen-bond acceptors (Lipinski definition) is 6. The predicted molar refractivity (Wildman–Crippen MR) is 69.1 cm³/mol. The number of urea groups is 1. The Kier molecular flexibility index (Phi) is 4.17. The number of methoxy groups -OCH3 is 1. The van der Waals surface area contributed by atoms with Crippen molar-refractivity contribution in [3.63, 3.8) is 0 Å². The van der Waals surface area contributed by atoms with Gasteiger partial charge in [0.2, 0.25) is 0 Å². The summed E-state index contributed by atoms with van der Waals surface area (Å²) in [5, 5.41) is 4.30. The van der Waals surface area contributed by atoms with Gasteiger partial charge in [-0.15, -0.1) is 0 Å². The van der Waals surface area contributed by atoms with E-state index >= 15 is 0 Å². The van der Waals surface area contributed by atoms with Crippen molar-refractivity contribution in [2.45, 2.75) is 12.5 Å². The molecular formula is C13H12N2O6. The normalized spacial score (nSPS) is 16.9. The van der Waals surface area contributed by atoms with Gasteiger partial charge in [-0.3, -0.25) is 19.7 Å². The minimum Gasteiger partial charge on any atom is -0.493 e. The minimum atomic E-state index is -0.953. The Morgan fingerprint density at radius 1 is 1.33 bits per heavy atom. The van der Waals surface area contributed by atoms with Gasteiger partial charge in [0, 0.05) is 5.56 Å². The molecule has 1 saturated heterocycles. The quantitative estimate of drug-likeness (QED) is 0.342. The lowest BCUT2D eigenvalue weighted by Crippen LogP contribution is -2.32. The zero-order chi connectivity index (χ0) is 15.4. The van der Waals surface area contributed by atoms with Gasteiger partial charge in [0.15, 0.2) is 11.5 Å². The van der Waals surface area contributed by atoms with Crippen LogP contribution in [0.25, 0.3) is 0 Å². The Labute approximate surface area is 119 Å². The topological polar surface area (TPSA) is 111 Å². The summed E-state index contributed by atoms with van der Waals surface area (Å²) in [7, 11) is 1.37. The number of hydrogen-bond donors (Lipinski definition) is 2. The van der Waals surface area contributed by atoms with E-state index < -0.39 is 23.9 Å². The van der Waals surface area contributed by atoms with Gasteiger partial charge < -0.3 is 14.8 Å². The molecule has 3 amide bonds. The van der Waals surface area contributed by atoms with Crippen molar-refractivity contribution in [1.82, 2.24) is 10.6 Å². The Morgan fingerprint density at radius 2 is 2.10 bits per heavy atom. The van der Waals surface area contributed by atoms with Crippen LogP contribution >= 0.6 is 0 Å². The van der Waals surface area contributed by atoms with Crippen LogP contribution in [0.3, 0.4) is 0 Å². The molecule has 0 aromatic heterocycles. The smallest absolute Gasteiger partial charge is 0.322 e. The fraction of sp³-hybridized carbons (Fsp3) is 0.231. The summed E-state index contributed by atoms with van der Waals surface area (Å²) in [4.78, 5) is 44.7. The summed E-state index contributed by atoms with van der Waals surface area (Å²) in [6.45, 7) is 0. The number of carbonyl (C=O) groups is 4. The third-order valence-corrected chi connectivity index (χ3v) is 2.78. The third-order valence-electron chi connectivity index (χ3n) is 2.78. The van der Waals surface area contributed by atoms with Crippen LogP contribution in [0, 0.1) is 0 Å². The molecule has 0 spiro atoms. The van der Waals surface area contributed by atoms with Gasteiger partial charge in [-0.1, -0.05) is 0 Å². The highest BCUT2D eigenvalue weighted by atomic mass is 16.6. The summed E-state index contributed by atoms with van der Waals surface area (Å²) in [5.74, 6) is -0.958. The summed E-state index contributed by atoms with van der Waals surface area (Å²) in [5.41, 5.74) is 0.370. The molecular weight excluding hydrogens is 280 g/mol. The fourth-order valence-corrected chi connectivity index (χ4v) is 1.78. The monoisotopic (exact) mass is 292 g/mol. The highest BCUT2D eigenvalue weighted by Gasteiger charge is 2.32. The maximum absolute atomic E-state index is 11.8. The molecule has 0 saturated carbocycles. The Morgan fingerprint density at radius 3 is 2.67 bits per heavy atom. The summed E-state index contributed by atoms with van der Waals surface area (Å²) < 4.78 is 10.1. The van der Waals surface area contributed by atoms with Crippen LogP contribution in [-0.2, 0) is 9.59 Å². The van der Waals surface area contributed by atoms with Gasteiger partial charge in [-0.25, -0.2) is 4.79 Å². The van der Waals surface area contributed by atoms with E-state index in [-0.39, 0.29) is 17.9 Å². The fourth-order valence-electron chi connectivity index (χ4n) is 1.78. The maximum Gasteiger partial charge on any atom is 0.322 e. The molecule has 110 valence electrons. The molecule has 1 atom stereocenters. The maximum atomic E-state index is 11.8. The second-order valence-corrected chi connectivity index (χ2v) is 4.22. The van der Waals surface area contributed by atoms with Crippen molar-refractivity contribution in [1.29, 1.82) is 0 Å². The van der Waals surface area contributed by atoms with Crippen LogP contribution in [0.1, 0.15) is 16.8 Å². The lowest BCUT2D eigenvalue weighted by Gasteiger charge is -2.11. The van der Waals surface area contributed by atoms with Crippen molar-refractivity contribution in [3.05, 3.63) is 23.8 Å². The number of imide groups is 1. The van der Waals surface area contributed by atoms with Crippen LogP contribution in [0.15, 0.2) is 18.2 Å². The Bertz CT molecular complexity index is 613. The van der Waals surface area contributed by atoms with Gasteiger partial charge in [-0.05, 0) is 18.2 Å². The number of esters is 1. The van der Waals surface area contributed by atoms with Gasteiger partial charge in [-0.2, -0.15) is 0 Å². The predicted octanol–water partition coefficient (Wildman–Crippen LogP) is 0.0112. The first-order valence-electron chi connectivity index (χ1n) is 5.98. The molecule has 1 heterocycles. The standard InChI is InChI=1S/C13H12N2O6/c1-20-10-4-7(6-16)2-3-9(10)21-11(17)5-8-12(18)15-13(19)14-8/h2-4,6,8H,5H2,1H3,(H2,14,15,18,19). The van der Waals surface area contributed by atoms with Crippen molar-refractivity contribution in [2.24, 2.45) is 0 Å². The van der Waals surface area contributed by atoms with Crippen molar-refractivity contribution in [2.75, 3.05) is 7.11 Å². The van der Waals surface area contributed by atoms with E-state index in [4.69, 9.17) is 9.47 Å². The molecule has 2 N–H and O–H groups in total. The van der Waals surface area contributed by atoms with E-state index in [1.807, 2.05) is 5.32 Å². The minimum absolute atomic E-state index is 0.123. The summed E-state index contributed by atoms with van der Waals surface area (Å²) in [6.07, 6.45) is 0.322. The van der Waals surface area contributed by atoms with E-state index in [2.05, 4.69) is 5.32 Å². The summed E-state index contributed by atoms with van der Waals surface area (Å²) in [6, 6.07) is 2.69. The molecule has 1 aliphatic rings. The number of ether oxygens (including phenoxy) is 2. The first-order chi connectivity index (χ1) is 10.0. The third kappa shape index (κ3) is 3.35. The first-order valence-corrected chi connectivity index (χ1v) is 5.98. The van der Waals surface area contributed by atoms with Gasteiger partial charge in [0.05, 0.1) is 13.5 Å². The van der Waals surface area contributed by atoms with Crippen LogP contribution < -0.4 is 20.1 Å².